The molecule has 0 unspecified atom stereocenters. The van der Waals surface area contributed by atoms with Crippen LogP contribution in [0.3, 0.4) is 0 Å². The third-order valence-corrected chi connectivity index (χ3v) is 6.71. The number of nitrogens with zero attached hydrogens (tertiary/aromatic N) is 3. The van der Waals surface area contributed by atoms with Gasteiger partial charge < -0.3 is 16.4 Å². The molecule has 2 aliphatic rings. The fourth-order valence-corrected chi connectivity index (χ4v) is 5.27. The second kappa shape index (κ2) is 7.94. The SMILES string of the molecule is Nc1sc(C2CCCC2)nc1C(=O)Cc1cnccc1N1CCC[C@H](N)C1. The van der Waals surface area contributed by atoms with Gasteiger partial charge in [0.1, 0.15) is 10.7 Å². The highest BCUT2D eigenvalue weighted by Crippen LogP contribution is 2.38. The van der Waals surface area contributed by atoms with Gasteiger partial charge in [-0.15, -0.1) is 11.3 Å². The maximum Gasteiger partial charge on any atom is 0.188 e. The van der Waals surface area contributed by atoms with E-state index in [2.05, 4.69) is 14.9 Å². The topological polar surface area (TPSA) is 98.1 Å². The van der Waals surface area contributed by atoms with E-state index in [0.29, 0.717) is 16.6 Å². The summed E-state index contributed by atoms with van der Waals surface area (Å²) in [5.41, 5.74) is 14.7. The molecule has 1 saturated heterocycles. The van der Waals surface area contributed by atoms with Crippen molar-refractivity contribution in [1.82, 2.24) is 9.97 Å². The van der Waals surface area contributed by atoms with Crippen molar-refractivity contribution < 1.29 is 4.79 Å². The Morgan fingerprint density at radius 3 is 2.85 bits per heavy atom. The van der Waals surface area contributed by atoms with Crippen molar-refractivity contribution in [2.45, 2.75) is 56.9 Å². The van der Waals surface area contributed by atoms with Gasteiger partial charge in [-0.3, -0.25) is 9.78 Å². The molecule has 0 aromatic carbocycles. The zero-order valence-electron chi connectivity index (χ0n) is 15.6. The predicted molar refractivity (Wildman–Crippen MR) is 109 cm³/mol. The standard InChI is InChI=1S/C20H27N5OS/c21-15-6-3-9-25(12-15)16-7-8-23-11-14(16)10-17(26)18-19(22)27-20(24-18)13-4-1-2-5-13/h7-8,11,13,15H,1-6,9-10,12,21-22H2/t15-/m0/s1. The number of hydrogen-bond acceptors (Lipinski definition) is 7. The number of hydrogen-bond donors (Lipinski definition) is 2. The lowest BCUT2D eigenvalue weighted by Gasteiger charge is -2.33. The Morgan fingerprint density at radius 1 is 1.26 bits per heavy atom. The highest BCUT2D eigenvalue weighted by molar-refractivity contribution is 7.16. The van der Waals surface area contributed by atoms with Gasteiger partial charge in [-0.25, -0.2) is 4.98 Å². The lowest BCUT2D eigenvalue weighted by atomic mass is 10.0. The van der Waals surface area contributed by atoms with Gasteiger partial charge in [0.25, 0.3) is 0 Å². The third-order valence-electron chi connectivity index (χ3n) is 5.67. The Balaban J connectivity index is 1.53. The summed E-state index contributed by atoms with van der Waals surface area (Å²) in [6.07, 6.45) is 10.7. The summed E-state index contributed by atoms with van der Waals surface area (Å²) in [7, 11) is 0. The number of thiazole rings is 1. The van der Waals surface area contributed by atoms with Crippen molar-refractivity contribution >= 4 is 27.8 Å². The summed E-state index contributed by atoms with van der Waals surface area (Å²) in [6.45, 7) is 1.78. The molecule has 1 aliphatic heterocycles. The molecule has 4 rings (SSSR count). The van der Waals surface area contributed by atoms with E-state index in [1.165, 1.54) is 24.2 Å². The van der Waals surface area contributed by atoms with Crippen LogP contribution in [-0.2, 0) is 6.42 Å². The van der Waals surface area contributed by atoms with E-state index in [9.17, 15) is 4.79 Å². The fraction of sp³-hybridized carbons (Fsp3) is 0.550. The van der Waals surface area contributed by atoms with Crippen LogP contribution in [0.5, 0.6) is 0 Å². The molecule has 0 amide bonds. The lowest BCUT2D eigenvalue weighted by molar-refractivity contribution is 0.0989. The summed E-state index contributed by atoms with van der Waals surface area (Å²) < 4.78 is 0. The smallest absolute Gasteiger partial charge is 0.188 e. The van der Waals surface area contributed by atoms with E-state index in [0.717, 1.165) is 55.0 Å². The van der Waals surface area contributed by atoms with Crippen LogP contribution in [0.2, 0.25) is 0 Å². The Hall–Kier alpha value is -1.99. The second-order valence-electron chi connectivity index (χ2n) is 7.70. The quantitative estimate of drug-likeness (QED) is 0.767. The molecule has 7 heteroatoms. The van der Waals surface area contributed by atoms with E-state index < -0.39 is 0 Å². The molecule has 0 spiro atoms. The largest absolute Gasteiger partial charge is 0.389 e. The summed E-state index contributed by atoms with van der Waals surface area (Å²) in [6, 6.07) is 2.16. The van der Waals surface area contributed by atoms with Gasteiger partial charge >= 0.3 is 0 Å². The average Bonchev–Trinajstić information content (AvgIpc) is 3.31. The number of piperidine rings is 1. The molecule has 2 fully saturated rings. The van der Waals surface area contributed by atoms with E-state index in [4.69, 9.17) is 11.5 Å². The van der Waals surface area contributed by atoms with Gasteiger partial charge in [-0.2, -0.15) is 0 Å². The minimum Gasteiger partial charge on any atom is -0.389 e. The predicted octanol–water partition coefficient (Wildman–Crippen LogP) is 3.13. The number of carbonyl (C=O) groups is 1. The van der Waals surface area contributed by atoms with Crippen LogP contribution in [0.15, 0.2) is 18.5 Å². The van der Waals surface area contributed by atoms with Crippen LogP contribution in [-0.4, -0.2) is 34.9 Å². The molecule has 3 heterocycles. The van der Waals surface area contributed by atoms with Crippen LogP contribution in [0.25, 0.3) is 0 Å². The van der Waals surface area contributed by atoms with Crippen molar-refractivity contribution in [3.8, 4) is 0 Å². The van der Waals surface area contributed by atoms with Crippen molar-refractivity contribution in [1.29, 1.82) is 0 Å². The fourth-order valence-electron chi connectivity index (χ4n) is 4.25. The van der Waals surface area contributed by atoms with Crippen LogP contribution >= 0.6 is 11.3 Å². The summed E-state index contributed by atoms with van der Waals surface area (Å²) >= 11 is 1.49. The van der Waals surface area contributed by atoms with Crippen LogP contribution in [0.1, 0.15) is 65.5 Å². The Kier molecular flexibility index (Phi) is 5.41. The van der Waals surface area contributed by atoms with Gasteiger partial charge in [0.15, 0.2) is 5.78 Å². The number of carbonyl (C=O) groups excluding carboxylic acids is 1. The van der Waals surface area contributed by atoms with Gasteiger partial charge in [0, 0.05) is 55.1 Å². The Bertz CT molecular complexity index is 814. The number of rotatable bonds is 5. The summed E-state index contributed by atoms with van der Waals surface area (Å²) in [5.74, 6) is 0.450. The third kappa shape index (κ3) is 3.99. The molecule has 6 nitrogen and oxygen atoms in total. The number of nitrogens with two attached hydrogens (primary N) is 2. The second-order valence-corrected chi connectivity index (χ2v) is 8.76. The van der Waals surface area contributed by atoms with Crippen molar-refractivity contribution in [3.05, 3.63) is 34.7 Å². The van der Waals surface area contributed by atoms with Crippen LogP contribution in [0, 0.1) is 0 Å². The normalized spacial score (nSPS) is 20.9. The number of aromatic nitrogens is 2. The molecule has 1 saturated carbocycles. The molecule has 1 atom stereocenters. The molecule has 1 aliphatic carbocycles. The minimum absolute atomic E-state index is 0.0245. The van der Waals surface area contributed by atoms with Gasteiger partial charge in [-0.1, -0.05) is 12.8 Å². The molecule has 4 N–H and O–H groups in total. The van der Waals surface area contributed by atoms with Crippen LogP contribution in [0.4, 0.5) is 10.7 Å². The first-order valence-electron chi connectivity index (χ1n) is 9.84. The molecule has 144 valence electrons. The monoisotopic (exact) mass is 385 g/mol. The summed E-state index contributed by atoms with van der Waals surface area (Å²) in [4.78, 5) is 24.1. The maximum atomic E-state index is 13.0. The number of pyridine rings is 1. The van der Waals surface area contributed by atoms with E-state index >= 15 is 0 Å². The molecule has 0 bridgehead atoms. The van der Waals surface area contributed by atoms with E-state index in [1.54, 1.807) is 12.4 Å². The zero-order valence-corrected chi connectivity index (χ0v) is 16.4. The van der Waals surface area contributed by atoms with Crippen molar-refractivity contribution in [2.24, 2.45) is 5.73 Å². The molecular weight excluding hydrogens is 358 g/mol. The molecule has 0 radical (unpaired) electrons. The molecule has 27 heavy (non-hydrogen) atoms. The minimum atomic E-state index is -0.0245. The maximum absolute atomic E-state index is 13.0. The van der Waals surface area contributed by atoms with Gasteiger partial charge in [0.05, 0.1) is 5.01 Å². The highest BCUT2D eigenvalue weighted by atomic mass is 32.1. The van der Waals surface area contributed by atoms with Crippen LogP contribution < -0.4 is 16.4 Å². The molecular formula is C20H27N5OS. The number of anilines is 2. The first kappa shape index (κ1) is 18.4. The average molecular weight is 386 g/mol. The number of ketones is 1. The highest BCUT2D eigenvalue weighted by Gasteiger charge is 2.25. The number of nitrogen functional groups attached to an aromatic ring is 1. The van der Waals surface area contributed by atoms with Gasteiger partial charge in [-0.05, 0) is 31.7 Å². The van der Waals surface area contributed by atoms with E-state index in [1.807, 2.05) is 6.07 Å². The van der Waals surface area contributed by atoms with Crippen molar-refractivity contribution in [2.75, 3.05) is 23.7 Å². The Morgan fingerprint density at radius 2 is 2.07 bits per heavy atom. The van der Waals surface area contributed by atoms with Gasteiger partial charge in [0.2, 0.25) is 0 Å². The van der Waals surface area contributed by atoms with Crippen molar-refractivity contribution in [3.63, 3.8) is 0 Å². The molecule has 2 aromatic heterocycles. The number of Topliss-reactive ketones (excluding diaryl/α,β-unsaturated/α-hetero) is 1. The first-order valence-corrected chi connectivity index (χ1v) is 10.7. The zero-order chi connectivity index (χ0) is 18.8. The lowest BCUT2D eigenvalue weighted by Crippen LogP contribution is -2.43. The Labute approximate surface area is 164 Å². The first-order chi connectivity index (χ1) is 13.1. The molecule has 2 aromatic rings. The summed E-state index contributed by atoms with van der Waals surface area (Å²) in [5, 5.41) is 1.58. The van der Waals surface area contributed by atoms with E-state index in [-0.39, 0.29) is 18.2 Å².